The van der Waals surface area contributed by atoms with Crippen LogP contribution in [0.1, 0.15) is 10.4 Å². The molecule has 0 bridgehead atoms. The Morgan fingerprint density at radius 3 is 2.58 bits per heavy atom. The predicted molar refractivity (Wildman–Crippen MR) is 70.2 cm³/mol. The third-order valence-corrected chi connectivity index (χ3v) is 5.86. The molecule has 0 aliphatic carbocycles. The van der Waals surface area contributed by atoms with E-state index in [-0.39, 0.29) is 5.56 Å². The maximum absolute atomic E-state index is 13.6. The van der Waals surface area contributed by atoms with Crippen molar-refractivity contribution in [3.63, 3.8) is 0 Å². The summed E-state index contributed by atoms with van der Waals surface area (Å²) < 4.78 is 38.7. The van der Waals surface area contributed by atoms with Gasteiger partial charge in [-0.25, -0.2) is 0 Å². The van der Waals surface area contributed by atoms with E-state index in [0.29, 0.717) is 25.9 Å². The van der Waals surface area contributed by atoms with Gasteiger partial charge in [-0.1, -0.05) is 6.07 Å². The number of rotatable bonds is 2. The number of fused-ring (bicyclic) bond motifs is 1. The number of hydrogen-bond donors (Lipinski definition) is 2. The van der Waals surface area contributed by atoms with Crippen molar-refractivity contribution >= 4 is 44.9 Å². The molecule has 0 saturated heterocycles. The van der Waals surface area contributed by atoms with Gasteiger partial charge in [-0.15, -0.1) is 11.3 Å². The van der Waals surface area contributed by atoms with E-state index in [4.69, 9.17) is 15.0 Å². The van der Waals surface area contributed by atoms with Gasteiger partial charge in [-0.05, 0) is 33.4 Å². The Morgan fingerprint density at radius 2 is 2.05 bits per heavy atom. The highest BCUT2D eigenvalue weighted by Gasteiger charge is 2.51. The van der Waals surface area contributed by atoms with Crippen LogP contribution in [0.5, 0.6) is 0 Å². The minimum Gasteiger partial charge on any atom is -0.320 e. The van der Waals surface area contributed by atoms with E-state index in [9.17, 15) is 13.3 Å². The molecule has 1 heterocycles. The molecular weight excluding hydrogens is 363 g/mol. The maximum Gasteiger partial charge on any atom is 0.400 e. The highest BCUT2D eigenvalue weighted by atomic mass is 79.9. The van der Waals surface area contributed by atoms with Crippen LogP contribution in [0.2, 0.25) is 0 Å². The van der Waals surface area contributed by atoms with Crippen LogP contribution in [-0.2, 0) is 10.2 Å². The zero-order valence-corrected chi connectivity index (χ0v) is 12.3. The Balaban J connectivity index is 2.71. The molecule has 0 aliphatic heterocycles. The molecule has 2 N–H and O–H groups in total. The van der Waals surface area contributed by atoms with E-state index in [0.717, 1.165) is 6.07 Å². The summed E-state index contributed by atoms with van der Waals surface area (Å²) in [6, 6.07) is 5.80. The highest BCUT2D eigenvalue weighted by molar-refractivity contribution is 9.10. The Hall–Kier alpha value is -0.840. The van der Waals surface area contributed by atoms with Crippen molar-refractivity contribution in [3.05, 3.63) is 33.1 Å². The van der Waals surface area contributed by atoms with Gasteiger partial charge in [0.15, 0.2) is 0 Å². The Bertz CT molecular complexity index is 749. The molecule has 1 aromatic heterocycles. The molecule has 19 heavy (non-hydrogen) atoms. The van der Waals surface area contributed by atoms with Gasteiger partial charge in [0.1, 0.15) is 6.07 Å². The molecule has 0 unspecified atom stereocenters. The first-order valence-corrected chi connectivity index (χ1v) is 7.96. The molecule has 4 nitrogen and oxygen atoms in total. The number of thiophene rings is 1. The molecule has 2 rings (SSSR count). The second kappa shape index (κ2) is 4.62. The third-order valence-electron chi connectivity index (χ3n) is 2.41. The molecule has 9 heteroatoms. The fraction of sp³-hybridized carbons (Fsp3) is 0.100. The van der Waals surface area contributed by atoms with Crippen LogP contribution in [0, 0.1) is 11.3 Å². The van der Waals surface area contributed by atoms with E-state index in [1.165, 1.54) is 12.1 Å². The molecule has 100 valence electrons. The normalized spacial score (nSPS) is 12.6. The van der Waals surface area contributed by atoms with Crippen molar-refractivity contribution in [2.24, 2.45) is 0 Å². The van der Waals surface area contributed by atoms with Crippen molar-refractivity contribution in [2.45, 2.75) is 5.66 Å². The number of halogens is 3. The lowest BCUT2D eigenvalue weighted by Crippen LogP contribution is -2.11. The lowest BCUT2D eigenvalue weighted by molar-refractivity contribution is 0.0602. The Kier molecular flexibility index (Phi) is 3.54. The SMILES string of the molecule is N#Cc1ccc2cc(C(F)(F)P(=O)(O)O)sc2c1Br. The summed E-state index contributed by atoms with van der Waals surface area (Å²) in [5.41, 5.74) is -3.97. The van der Waals surface area contributed by atoms with Gasteiger partial charge in [-0.2, -0.15) is 14.0 Å². The number of benzene rings is 1. The largest absolute Gasteiger partial charge is 0.400 e. The molecule has 0 fully saturated rings. The van der Waals surface area contributed by atoms with Crippen molar-refractivity contribution in [3.8, 4) is 6.07 Å². The monoisotopic (exact) mass is 367 g/mol. The van der Waals surface area contributed by atoms with Crippen molar-refractivity contribution in [1.82, 2.24) is 0 Å². The second-order valence-electron chi connectivity index (χ2n) is 3.65. The average Bonchev–Trinajstić information content (AvgIpc) is 2.73. The number of hydrogen-bond acceptors (Lipinski definition) is 3. The minimum atomic E-state index is -5.58. The fourth-order valence-electron chi connectivity index (χ4n) is 1.45. The molecule has 0 radical (unpaired) electrons. The Morgan fingerprint density at radius 1 is 1.42 bits per heavy atom. The predicted octanol–water partition coefficient (Wildman–Crippen LogP) is 3.76. The number of alkyl halides is 2. The lowest BCUT2D eigenvalue weighted by atomic mass is 10.2. The summed E-state index contributed by atoms with van der Waals surface area (Å²) in [4.78, 5) is 16.7. The standard InChI is InChI=1S/C10H5BrF2NO3PS/c11-8-6(4-14)2-1-5-3-7(19-9(5)8)10(12,13)18(15,16)17/h1-3H,(H2,15,16,17). The van der Waals surface area contributed by atoms with E-state index >= 15 is 0 Å². The van der Waals surface area contributed by atoms with E-state index in [1.54, 1.807) is 0 Å². The van der Waals surface area contributed by atoms with E-state index < -0.39 is 18.1 Å². The van der Waals surface area contributed by atoms with Crippen LogP contribution in [0.3, 0.4) is 0 Å². The second-order valence-corrected chi connectivity index (χ2v) is 7.15. The van der Waals surface area contributed by atoms with Gasteiger partial charge in [0, 0.05) is 0 Å². The first-order valence-electron chi connectivity index (χ1n) is 4.74. The highest BCUT2D eigenvalue weighted by Crippen LogP contribution is 2.61. The van der Waals surface area contributed by atoms with Gasteiger partial charge in [-0.3, -0.25) is 4.57 Å². The van der Waals surface area contributed by atoms with Crippen LogP contribution in [0.25, 0.3) is 10.1 Å². The molecule has 0 atom stereocenters. The van der Waals surface area contributed by atoms with Gasteiger partial charge in [0.2, 0.25) is 0 Å². The zero-order valence-electron chi connectivity index (χ0n) is 8.97. The smallest absolute Gasteiger partial charge is 0.320 e. The topological polar surface area (TPSA) is 81.3 Å². The summed E-state index contributed by atoms with van der Waals surface area (Å²) >= 11 is 3.67. The lowest BCUT2D eigenvalue weighted by Gasteiger charge is -2.15. The van der Waals surface area contributed by atoms with Crippen LogP contribution >= 0.6 is 34.9 Å². The van der Waals surface area contributed by atoms with Crippen molar-refractivity contribution in [1.29, 1.82) is 5.26 Å². The van der Waals surface area contributed by atoms with Crippen LogP contribution in [0.15, 0.2) is 22.7 Å². The van der Waals surface area contributed by atoms with Crippen molar-refractivity contribution < 1.29 is 23.1 Å². The molecular formula is C10H5BrF2NO3PS. The molecule has 0 spiro atoms. The quantitative estimate of drug-likeness (QED) is 0.791. The van der Waals surface area contributed by atoms with Gasteiger partial charge >= 0.3 is 13.3 Å². The summed E-state index contributed by atoms with van der Waals surface area (Å²) in [5.74, 6) is 0. The van der Waals surface area contributed by atoms with Gasteiger partial charge < -0.3 is 9.79 Å². The van der Waals surface area contributed by atoms with E-state index in [1.807, 2.05) is 6.07 Å². The fourth-order valence-corrected chi connectivity index (χ4v) is 3.96. The molecule has 1 aromatic carbocycles. The first kappa shape index (κ1) is 14.6. The average molecular weight is 368 g/mol. The first-order chi connectivity index (χ1) is 8.68. The minimum absolute atomic E-state index is 0.264. The summed E-state index contributed by atoms with van der Waals surface area (Å²) in [7, 11) is -5.58. The summed E-state index contributed by atoms with van der Waals surface area (Å²) in [5, 5.41) is 9.21. The number of nitrogens with zero attached hydrogens (tertiary/aromatic N) is 1. The molecule has 2 aromatic rings. The summed E-state index contributed by atoms with van der Waals surface area (Å²) in [6.45, 7) is 0. The van der Waals surface area contributed by atoms with Gasteiger partial charge in [0.05, 0.1) is 19.6 Å². The van der Waals surface area contributed by atoms with Crippen LogP contribution < -0.4 is 0 Å². The van der Waals surface area contributed by atoms with Crippen LogP contribution in [0.4, 0.5) is 8.78 Å². The van der Waals surface area contributed by atoms with E-state index in [2.05, 4.69) is 15.9 Å². The third kappa shape index (κ3) is 2.33. The molecule has 0 saturated carbocycles. The molecule has 0 amide bonds. The number of nitriles is 1. The van der Waals surface area contributed by atoms with Crippen LogP contribution in [-0.4, -0.2) is 9.79 Å². The molecule has 0 aliphatic rings. The summed E-state index contributed by atoms with van der Waals surface area (Å²) in [6.07, 6.45) is 0. The zero-order chi connectivity index (χ0) is 14.4. The Labute approximate surface area is 118 Å². The maximum atomic E-state index is 13.6. The van der Waals surface area contributed by atoms with Gasteiger partial charge in [0.25, 0.3) is 0 Å². The van der Waals surface area contributed by atoms with Crippen molar-refractivity contribution in [2.75, 3.05) is 0 Å².